The maximum absolute atomic E-state index is 14.4. The number of hydrogen-bond acceptors (Lipinski definition) is 7. The lowest BCUT2D eigenvalue weighted by Gasteiger charge is -2.40. The van der Waals surface area contributed by atoms with Gasteiger partial charge in [0.25, 0.3) is 11.8 Å². The third kappa shape index (κ3) is 4.96. The van der Waals surface area contributed by atoms with E-state index in [1.807, 2.05) is 25.1 Å². The molecule has 4 amide bonds. The Morgan fingerprint density at radius 2 is 1.55 bits per heavy atom. The monoisotopic (exact) mass is 547 g/mol. The number of rotatable bonds is 5. The fraction of sp³-hybridized carbons (Fsp3) is 0.467. The summed E-state index contributed by atoms with van der Waals surface area (Å²) < 4.78 is 14.4. The first-order valence-electron chi connectivity index (χ1n) is 14.1. The highest BCUT2D eigenvalue weighted by molar-refractivity contribution is 6.23. The van der Waals surface area contributed by atoms with Crippen molar-refractivity contribution in [3.8, 4) is 0 Å². The number of halogens is 1. The number of fused-ring (bicyclic) bond motifs is 1. The molecule has 0 saturated carbocycles. The van der Waals surface area contributed by atoms with Crippen molar-refractivity contribution in [1.29, 1.82) is 0 Å². The molecule has 2 aromatic carbocycles. The lowest BCUT2D eigenvalue weighted by Crippen LogP contribution is -2.54. The molecule has 40 heavy (non-hydrogen) atoms. The zero-order chi connectivity index (χ0) is 28.0. The van der Waals surface area contributed by atoms with Gasteiger partial charge in [-0.3, -0.25) is 34.3 Å². The smallest absolute Gasteiger partial charge is 0.262 e. The molecular formula is C30H34FN5O4. The number of nitrogens with zero attached hydrogens (tertiary/aromatic N) is 4. The third-order valence-electron chi connectivity index (χ3n) is 8.74. The molecule has 0 aliphatic carbocycles. The first-order valence-corrected chi connectivity index (χ1v) is 14.1. The van der Waals surface area contributed by atoms with Crippen LogP contribution in [0.15, 0.2) is 36.4 Å². The molecule has 0 aromatic heterocycles. The van der Waals surface area contributed by atoms with Gasteiger partial charge in [0, 0.05) is 57.9 Å². The number of piperidine rings is 2. The molecule has 0 radical (unpaired) electrons. The Kier molecular flexibility index (Phi) is 7.04. The molecular weight excluding hydrogens is 513 g/mol. The maximum Gasteiger partial charge on any atom is 0.262 e. The highest BCUT2D eigenvalue weighted by Gasteiger charge is 2.44. The predicted molar refractivity (Wildman–Crippen MR) is 148 cm³/mol. The zero-order valence-electron chi connectivity index (χ0n) is 22.7. The molecule has 9 nitrogen and oxygen atoms in total. The molecule has 210 valence electrons. The molecule has 1 N–H and O–H groups in total. The fourth-order valence-corrected chi connectivity index (χ4v) is 6.43. The van der Waals surface area contributed by atoms with Gasteiger partial charge in [-0.1, -0.05) is 6.07 Å². The van der Waals surface area contributed by atoms with E-state index in [0.717, 1.165) is 74.8 Å². The maximum atomic E-state index is 14.4. The standard InChI is InChI=1S/C30H34FN5O4/c1-19-2-5-25(24(31)16-19)35-10-8-20(9-11-35)18-33-12-14-34(15-13-33)21-3-4-22-23(17-21)30(40)36(29(22)39)26-6-7-27(37)32-28(26)38/h2-5,16-17,20,26H,6-15,18H2,1H3,(H,32,37,38). The van der Waals surface area contributed by atoms with Gasteiger partial charge in [-0.15, -0.1) is 0 Å². The van der Waals surface area contributed by atoms with Gasteiger partial charge in [0.1, 0.15) is 11.9 Å². The van der Waals surface area contributed by atoms with Gasteiger partial charge < -0.3 is 9.80 Å². The van der Waals surface area contributed by atoms with E-state index < -0.39 is 23.8 Å². The van der Waals surface area contributed by atoms with Crippen LogP contribution in [0.1, 0.15) is 52.0 Å². The zero-order valence-corrected chi connectivity index (χ0v) is 22.7. The molecule has 3 saturated heterocycles. The Bertz CT molecular complexity index is 1360. The van der Waals surface area contributed by atoms with Crippen molar-refractivity contribution < 1.29 is 23.6 Å². The van der Waals surface area contributed by atoms with Gasteiger partial charge in [0.05, 0.1) is 16.8 Å². The largest absolute Gasteiger partial charge is 0.369 e. The number of carbonyl (C=O) groups excluding carboxylic acids is 4. The van der Waals surface area contributed by atoms with Crippen LogP contribution in [-0.2, 0) is 9.59 Å². The molecule has 4 aliphatic rings. The molecule has 1 atom stereocenters. The lowest BCUT2D eigenvalue weighted by molar-refractivity contribution is -0.136. The van der Waals surface area contributed by atoms with Gasteiger partial charge >= 0.3 is 0 Å². The van der Waals surface area contributed by atoms with E-state index >= 15 is 0 Å². The van der Waals surface area contributed by atoms with Crippen molar-refractivity contribution in [2.24, 2.45) is 5.92 Å². The summed E-state index contributed by atoms with van der Waals surface area (Å²) >= 11 is 0. The second kappa shape index (κ2) is 10.6. The quantitative estimate of drug-likeness (QED) is 0.576. The first-order chi connectivity index (χ1) is 19.3. The lowest BCUT2D eigenvalue weighted by atomic mass is 9.95. The van der Waals surface area contributed by atoms with Crippen LogP contribution in [0.2, 0.25) is 0 Å². The SMILES string of the molecule is Cc1ccc(N2CCC(CN3CCN(c4ccc5c(c4)C(=O)N(C4CCC(=O)NC4=O)C5=O)CC3)CC2)c(F)c1. The number of nitrogens with one attached hydrogen (secondary N) is 1. The summed E-state index contributed by atoms with van der Waals surface area (Å²) in [5.74, 6) is -1.51. The van der Waals surface area contributed by atoms with Crippen molar-refractivity contribution in [2.75, 3.05) is 55.6 Å². The van der Waals surface area contributed by atoms with Gasteiger partial charge in [-0.2, -0.15) is 0 Å². The summed E-state index contributed by atoms with van der Waals surface area (Å²) in [6.07, 6.45) is 2.33. The van der Waals surface area contributed by atoms with E-state index in [9.17, 15) is 23.6 Å². The summed E-state index contributed by atoms with van der Waals surface area (Å²) in [4.78, 5) is 57.9. The van der Waals surface area contributed by atoms with Crippen molar-refractivity contribution in [3.63, 3.8) is 0 Å². The van der Waals surface area contributed by atoms with Crippen LogP contribution in [0, 0.1) is 18.7 Å². The number of imide groups is 2. The van der Waals surface area contributed by atoms with Crippen LogP contribution in [0.4, 0.5) is 15.8 Å². The molecule has 10 heteroatoms. The number of carbonyl (C=O) groups is 4. The number of piperazine rings is 1. The number of aryl methyl sites for hydroxylation is 1. The molecule has 2 aromatic rings. The molecule has 0 spiro atoms. The summed E-state index contributed by atoms with van der Waals surface area (Å²) in [6, 6.07) is 9.80. The Morgan fingerprint density at radius 3 is 2.25 bits per heavy atom. The molecule has 4 heterocycles. The minimum Gasteiger partial charge on any atom is -0.369 e. The minimum absolute atomic E-state index is 0.101. The van der Waals surface area contributed by atoms with E-state index in [0.29, 0.717) is 22.7 Å². The third-order valence-corrected chi connectivity index (χ3v) is 8.74. The Hall–Kier alpha value is -3.79. The van der Waals surface area contributed by atoms with Crippen LogP contribution >= 0.6 is 0 Å². The van der Waals surface area contributed by atoms with Crippen molar-refractivity contribution in [1.82, 2.24) is 15.1 Å². The van der Waals surface area contributed by atoms with E-state index in [1.165, 1.54) is 0 Å². The molecule has 0 bridgehead atoms. The van der Waals surface area contributed by atoms with Crippen molar-refractivity contribution in [2.45, 2.75) is 38.6 Å². The van der Waals surface area contributed by atoms with Crippen molar-refractivity contribution >= 4 is 35.0 Å². The van der Waals surface area contributed by atoms with E-state index in [1.54, 1.807) is 18.2 Å². The van der Waals surface area contributed by atoms with Crippen LogP contribution < -0.4 is 15.1 Å². The highest BCUT2D eigenvalue weighted by Crippen LogP contribution is 2.32. The average molecular weight is 548 g/mol. The molecule has 6 rings (SSSR count). The number of benzene rings is 2. The Morgan fingerprint density at radius 1 is 0.825 bits per heavy atom. The Labute approximate surface area is 232 Å². The fourth-order valence-electron chi connectivity index (χ4n) is 6.43. The highest BCUT2D eigenvalue weighted by atomic mass is 19.1. The van der Waals surface area contributed by atoms with Gasteiger partial charge in [-0.25, -0.2) is 4.39 Å². The topological polar surface area (TPSA) is 93.3 Å². The summed E-state index contributed by atoms with van der Waals surface area (Å²) in [6.45, 7) is 8.08. The summed E-state index contributed by atoms with van der Waals surface area (Å²) in [5, 5.41) is 2.23. The second-order valence-electron chi connectivity index (χ2n) is 11.4. The van der Waals surface area contributed by atoms with Gasteiger partial charge in [-0.05, 0) is 68.0 Å². The van der Waals surface area contributed by atoms with Crippen LogP contribution in [0.5, 0.6) is 0 Å². The van der Waals surface area contributed by atoms with Crippen LogP contribution in [0.25, 0.3) is 0 Å². The number of amides is 4. The summed E-state index contributed by atoms with van der Waals surface area (Å²) in [7, 11) is 0. The van der Waals surface area contributed by atoms with E-state index in [-0.39, 0.29) is 24.6 Å². The number of hydrogen-bond donors (Lipinski definition) is 1. The van der Waals surface area contributed by atoms with E-state index in [4.69, 9.17) is 0 Å². The summed E-state index contributed by atoms with van der Waals surface area (Å²) in [5.41, 5.74) is 3.13. The predicted octanol–water partition coefficient (Wildman–Crippen LogP) is 2.57. The van der Waals surface area contributed by atoms with Gasteiger partial charge in [0.15, 0.2) is 0 Å². The second-order valence-corrected chi connectivity index (χ2v) is 11.4. The number of anilines is 2. The Balaban J connectivity index is 1.03. The molecule has 1 unspecified atom stereocenters. The van der Waals surface area contributed by atoms with Gasteiger partial charge in [0.2, 0.25) is 11.8 Å². The average Bonchev–Trinajstić information content (AvgIpc) is 3.19. The molecule has 4 aliphatic heterocycles. The van der Waals surface area contributed by atoms with Crippen LogP contribution in [-0.4, -0.2) is 85.3 Å². The first kappa shape index (κ1) is 26.4. The normalized spacial score (nSPS) is 22.6. The van der Waals surface area contributed by atoms with Crippen LogP contribution in [0.3, 0.4) is 0 Å². The van der Waals surface area contributed by atoms with Crippen molar-refractivity contribution in [3.05, 3.63) is 58.9 Å². The van der Waals surface area contributed by atoms with E-state index in [2.05, 4.69) is 20.0 Å². The minimum atomic E-state index is -0.958. The molecule has 3 fully saturated rings.